The molecule has 1 aliphatic carbocycles. The largest absolute Gasteiger partial charge is 0.387 e. The number of halogens is 4. The van der Waals surface area contributed by atoms with Gasteiger partial charge in [0.2, 0.25) is 5.92 Å². The molecule has 6 nitrogen and oxygen atoms in total. The lowest BCUT2D eigenvalue weighted by Crippen LogP contribution is -2.53. The molecule has 0 amide bonds. The van der Waals surface area contributed by atoms with Crippen LogP contribution in [0.3, 0.4) is 0 Å². The molecule has 2 aliphatic heterocycles. The van der Waals surface area contributed by atoms with Gasteiger partial charge in [0.25, 0.3) is 5.92 Å². The molecular weight excluding hydrogens is 400 g/mol. The van der Waals surface area contributed by atoms with E-state index in [0.29, 0.717) is 35.8 Å². The molecule has 1 aromatic heterocycles. The molecule has 2 fully saturated rings. The van der Waals surface area contributed by atoms with Gasteiger partial charge in [-0.3, -0.25) is 0 Å². The lowest BCUT2D eigenvalue weighted by atomic mass is 9.67. The number of alkyl halides is 4. The van der Waals surface area contributed by atoms with Gasteiger partial charge in [-0.25, -0.2) is 22.6 Å². The Labute approximate surface area is 172 Å². The Kier molecular flexibility index (Phi) is 5.24. The summed E-state index contributed by atoms with van der Waals surface area (Å²) in [5, 5.41) is 8.49. The SMILES string of the molecule is NC1=NC=C(c2ccc(N3CCC(F)(F)CC3)nn2)C(N)(C2CCC(F)(F)CC2)C1. The van der Waals surface area contributed by atoms with Crippen LogP contribution < -0.4 is 16.4 Å². The van der Waals surface area contributed by atoms with Crippen molar-refractivity contribution in [1.82, 2.24) is 10.2 Å². The van der Waals surface area contributed by atoms with E-state index in [-0.39, 0.29) is 51.1 Å². The minimum atomic E-state index is -2.66. The zero-order chi connectivity index (χ0) is 21.6. The number of piperidine rings is 1. The maximum Gasteiger partial charge on any atom is 0.251 e. The Morgan fingerprint density at radius 1 is 0.933 bits per heavy atom. The molecule has 10 heteroatoms. The zero-order valence-corrected chi connectivity index (χ0v) is 16.6. The first-order valence-corrected chi connectivity index (χ1v) is 10.2. The second-order valence-corrected chi connectivity index (χ2v) is 8.63. The molecular formula is C20H26F4N6. The van der Waals surface area contributed by atoms with E-state index in [2.05, 4.69) is 15.2 Å². The lowest BCUT2D eigenvalue weighted by molar-refractivity contribution is -0.0510. The molecule has 30 heavy (non-hydrogen) atoms. The van der Waals surface area contributed by atoms with Crippen molar-refractivity contribution in [1.29, 1.82) is 0 Å². The van der Waals surface area contributed by atoms with E-state index in [1.807, 2.05) is 0 Å². The number of hydrogen-bond acceptors (Lipinski definition) is 6. The standard InChI is InChI=1S/C20H26F4N6/c21-18(22)5-3-13(4-6-18)20(26)11-16(25)27-12-14(20)15-1-2-17(29-28-15)30-9-7-19(23,24)8-10-30/h1-2,12-13H,3-11,26H2,(H2,25,27). The predicted octanol–water partition coefficient (Wildman–Crippen LogP) is 3.34. The summed E-state index contributed by atoms with van der Waals surface area (Å²) in [6.45, 7) is 0.420. The van der Waals surface area contributed by atoms with Crippen LogP contribution in [0.25, 0.3) is 5.57 Å². The first-order chi connectivity index (χ1) is 14.1. The van der Waals surface area contributed by atoms with Crippen molar-refractivity contribution in [3.63, 3.8) is 0 Å². The quantitative estimate of drug-likeness (QED) is 0.723. The van der Waals surface area contributed by atoms with Gasteiger partial charge in [0, 0.05) is 57.0 Å². The number of nitrogens with two attached hydrogens (primary N) is 2. The number of nitrogens with zero attached hydrogens (tertiary/aromatic N) is 4. The normalized spacial score (nSPS) is 29.3. The van der Waals surface area contributed by atoms with Crippen LogP contribution in [0.2, 0.25) is 0 Å². The molecule has 1 saturated carbocycles. The van der Waals surface area contributed by atoms with Gasteiger partial charge in [0.15, 0.2) is 5.82 Å². The molecule has 164 valence electrons. The van der Waals surface area contributed by atoms with E-state index in [4.69, 9.17) is 11.5 Å². The number of anilines is 1. The number of aliphatic imine (C=N–C) groups is 1. The van der Waals surface area contributed by atoms with Crippen LogP contribution in [0.15, 0.2) is 23.3 Å². The Balaban J connectivity index is 1.55. The molecule has 1 unspecified atom stereocenters. The predicted molar refractivity (Wildman–Crippen MR) is 106 cm³/mol. The topological polar surface area (TPSA) is 93.4 Å². The highest BCUT2D eigenvalue weighted by atomic mass is 19.3. The maximum absolute atomic E-state index is 13.7. The molecule has 3 aliphatic rings. The summed E-state index contributed by atoms with van der Waals surface area (Å²) in [7, 11) is 0. The highest BCUT2D eigenvalue weighted by molar-refractivity contribution is 5.90. The van der Waals surface area contributed by atoms with Crippen LogP contribution in [0.5, 0.6) is 0 Å². The zero-order valence-electron chi connectivity index (χ0n) is 16.6. The Morgan fingerprint density at radius 3 is 2.17 bits per heavy atom. The maximum atomic E-state index is 13.7. The van der Waals surface area contributed by atoms with Crippen molar-refractivity contribution >= 4 is 17.2 Å². The summed E-state index contributed by atoms with van der Waals surface area (Å²) in [6.07, 6.45) is 1.57. The molecule has 4 N–H and O–H groups in total. The van der Waals surface area contributed by atoms with E-state index in [1.165, 1.54) is 0 Å². The summed E-state index contributed by atoms with van der Waals surface area (Å²) < 4.78 is 54.1. The van der Waals surface area contributed by atoms with Crippen molar-refractivity contribution < 1.29 is 17.6 Å². The lowest BCUT2D eigenvalue weighted by Gasteiger charge is -2.43. The molecule has 0 aromatic carbocycles. The Morgan fingerprint density at radius 2 is 1.57 bits per heavy atom. The minimum Gasteiger partial charge on any atom is -0.387 e. The summed E-state index contributed by atoms with van der Waals surface area (Å²) in [5.41, 5.74) is 12.9. The van der Waals surface area contributed by atoms with Gasteiger partial charge < -0.3 is 16.4 Å². The van der Waals surface area contributed by atoms with Crippen LogP contribution in [-0.4, -0.2) is 46.5 Å². The highest BCUT2D eigenvalue weighted by Crippen LogP contribution is 2.46. The van der Waals surface area contributed by atoms with Gasteiger partial charge in [0.05, 0.1) is 11.2 Å². The van der Waals surface area contributed by atoms with Crippen LogP contribution in [0.1, 0.15) is 50.6 Å². The van der Waals surface area contributed by atoms with Gasteiger partial charge in [-0.2, -0.15) is 0 Å². The summed E-state index contributed by atoms with van der Waals surface area (Å²) in [5.74, 6) is -4.59. The van der Waals surface area contributed by atoms with E-state index < -0.39 is 17.4 Å². The molecule has 4 rings (SSSR count). The molecule has 1 saturated heterocycles. The molecule has 1 atom stereocenters. The molecule has 1 aromatic rings. The number of hydrogen-bond donors (Lipinski definition) is 2. The number of aromatic nitrogens is 2. The Hall–Kier alpha value is -2.23. The molecule has 0 bridgehead atoms. The van der Waals surface area contributed by atoms with Crippen LogP contribution in [0, 0.1) is 5.92 Å². The van der Waals surface area contributed by atoms with E-state index in [0.717, 1.165) is 0 Å². The minimum absolute atomic E-state index is 0.178. The van der Waals surface area contributed by atoms with Crippen molar-refractivity contribution in [3.8, 4) is 0 Å². The van der Waals surface area contributed by atoms with Crippen molar-refractivity contribution in [2.75, 3.05) is 18.0 Å². The fourth-order valence-corrected chi connectivity index (χ4v) is 4.63. The third-order valence-corrected chi connectivity index (χ3v) is 6.53. The van der Waals surface area contributed by atoms with Crippen LogP contribution >= 0.6 is 0 Å². The summed E-state index contributed by atoms with van der Waals surface area (Å²) >= 11 is 0. The fourth-order valence-electron chi connectivity index (χ4n) is 4.63. The Bertz CT molecular complexity index is 833. The summed E-state index contributed by atoms with van der Waals surface area (Å²) in [4.78, 5) is 5.95. The van der Waals surface area contributed by atoms with Crippen LogP contribution in [-0.2, 0) is 0 Å². The van der Waals surface area contributed by atoms with E-state index in [9.17, 15) is 17.6 Å². The third kappa shape index (κ3) is 4.14. The highest BCUT2D eigenvalue weighted by Gasteiger charge is 2.47. The summed E-state index contributed by atoms with van der Waals surface area (Å²) in [6, 6.07) is 3.46. The van der Waals surface area contributed by atoms with Crippen LogP contribution in [0.4, 0.5) is 23.4 Å². The third-order valence-electron chi connectivity index (χ3n) is 6.53. The van der Waals surface area contributed by atoms with Gasteiger partial charge >= 0.3 is 0 Å². The number of rotatable bonds is 3. The van der Waals surface area contributed by atoms with E-state index in [1.54, 1.807) is 23.2 Å². The van der Waals surface area contributed by atoms with Crippen molar-refractivity contribution in [2.45, 2.75) is 62.3 Å². The van der Waals surface area contributed by atoms with Gasteiger partial charge in [0.1, 0.15) is 5.84 Å². The fraction of sp³-hybridized carbons (Fsp3) is 0.650. The van der Waals surface area contributed by atoms with Crippen molar-refractivity contribution in [2.24, 2.45) is 22.4 Å². The van der Waals surface area contributed by atoms with E-state index >= 15 is 0 Å². The molecule has 0 radical (unpaired) electrons. The smallest absolute Gasteiger partial charge is 0.251 e. The second-order valence-electron chi connectivity index (χ2n) is 8.63. The monoisotopic (exact) mass is 426 g/mol. The van der Waals surface area contributed by atoms with Gasteiger partial charge in [-0.1, -0.05) is 0 Å². The number of amidine groups is 1. The average Bonchev–Trinajstić information content (AvgIpc) is 2.68. The van der Waals surface area contributed by atoms with Gasteiger partial charge in [-0.15, -0.1) is 10.2 Å². The molecule has 3 heterocycles. The van der Waals surface area contributed by atoms with Gasteiger partial charge in [-0.05, 0) is 30.9 Å². The first-order valence-electron chi connectivity index (χ1n) is 10.2. The molecule has 0 spiro atoms. The second kappa shape index (κ2) is 7.47. The first kappa shape index (κ1) is 21.0. The average molecular weight is 426 g/mol. The van der Waals surface area contributed by atoms with Crippen molar-refractivity contribution in [3.05, 3.63) is 24.0 Å².